The van der Waals surface area contributed by atoms with E-state index in [1.807, 2.05) is 0 Å². The van der Waals surface area contributed by atoms with E-state index in [1.54, 1.807) is 51.1 Å². The van der Waals surface area contributed by atoms with Gasteiger partial charge >= 0.3 is 5.97 Å². The molecule has 208 valence electrons. The number of carbonyl (C=O) groups is 3. The number of morpholine rings is 1. The van der Waals surface area contributed by atoms with Gasteiger partial charge in [-0.3, -0.25) is 14.5 Å². The number of hydrogen-bond donors (Lipinski definition) is 2. The van der Waals surface area contributed by atoms with Gasteiger partial charge in [-0.2, -0.15) is 0 Å². The Hall–Kier alpha value is -3.89. The number of ether oxygens (including phenoxy) is 3. The van der Waals surface area contributed by atoms with E-state index in [4.69, 9.17) is 14.2 Å². The molecule has 0 radical (unpaired) electrons. The molecule has 4 rings (SSSR count). The molecule has 10 heteroatoms. The average molecular weight is 538 g/mol. The highest BCUT2D eigenvalue weighted by molar-refractivity contribution is 6.46. The standard InChI is InChI=1S/C29H35N3O7/c1-5-14-39-21-9-7-8-20(17-21)25-23(26(33)22-18(3)24(30-19(22)4)29(36)38-6-2)27(34)28(35)32(25)11-10-31-12-15-37-16-13-31/h5,7-9,17,25,30,33H,1,6,10-16H2,2-4H3/b26-23+. The summed E-state index contributed by atoms with van der Waals surface area (Å²) >= 11 is 0. The third kappa shape index (κ3) is 5.76. The number of aromatic amines is 1. The van der Waals surface area contributed by atoms with Crippen LogP contribution in [0.15, 0.2) is 42.5 Å². The van der Waals surface area contributed by atoms with Crippen LogP contribution in [0, 0.1) is 13.8 Å². The Morgan fingerprint density at radius 1 is 1.23 bits per heavy atom. The van der Waals surface area contributed by atoms with E-state index in [9.17, 15) is 19.5 Å². The van der Waals surface area contributed by atoms with Gasteiger partial charge in [0, 0.05) is 37.4 Å². The van der Waals surface area contributed by atoms with Crippen molar-refractivity contribution >= 4 is 23.4 Å². The van der Waals surface area contributed by atoms with Crippen LogP contribution in [0.2, 0.25) is 0 Å². The molecule has 3 heterocycles. The molecule has 2 N–H and O–H groups in total. The number of Topliss-reactive ketones (excluding diaryl/α,β-unsaturated/α-hetero) is 1. The fourth-order valence-electron chi connectivity index (χ4n) is 5.11. The summed E-state index contributed by atoms with van der Waals surface area (Å²) in [5.41, 5.74) is 1.99. The van der Waals surface area contributed by atoms with E-state index in [-0.39, 0.29) is 30.2 Å². The number of ketones is 1. The molecule has 1 amide bonds. The first-order chi connectivity index (χ1) is 18.8. The largest absolute Gasteiger partial charge is 0.507 e. The number of amides is 1. The molecule has 1 aromatic heterocycles. The molecule has 0 bridgehead atoms. The first kappa shape index (κ1) is 28.1. The fourth-order valence-corrected chi connectivity index (χ4v) is 5.11. The second-order valence-corrected chi connectivity index (χ2v) is 9.46. The molecule has 2 fully saturated rings. The SMILES string of the molecule is C=CCOc1cccc(C2/C(=C(\O)c3c(C)[nH]c(C(=O)OCC)c3C)C(=O)C(=O)N2CCN2CCOCC2)c1. The molecule has 1 atom stereocenters. The molecular formula is C29H35N3O7. The van der Waals surface area contributed by atoms with Crippen molar-refractivity contribution in [3.8, 4) is 5.75 Å². The molecule has 0 aliphatic carbocycles. The van der Waals surface area contributed by atoms with Gasteiger partial charge in [-0.25, -0.2) is 4.79 Å². The summed E-state index contributed by atoms with van der Waals surface area (Å²) in [6.07, 6.45) is 1.62. The van der Waals surface area contributed by atoms with Gasteiger partial charge in [0.2, 0.25) is 0 Å². The van der Waals surface area contributed by atoms with Crippen molar-refractivity contribution < 1.29 is 33.7 Å². The number of likely N-dealkylation sites (tertiary alicyclic amines) is 1. The van der Waals surface area contributed by atoms with Crippen molar-refractivity contribution in [3.63, 3.8) is 0 Å². The molecule has 0 saturated carbocycles. The molecule has 0 spiro atoms. The molecular weight excluding hydrogens is 502 g/mol. The topological polar surface area (TPSA) is 121 Å². The summed E-state index contributed by atoms with van der Waals surface area (Å²) in [5, 5.41) is 11.6. The molecule has 2 aliphatic rings. The molecule has 2 saturated heterocycles. The third-order valence-corrected chi connectivity index (χ3v) is 7.00. The molecule has 2 aromatic rings. The summed E-state index contributed by atoms with van der Waals surface area (Å²) < 4.78 is 16.3. The number of hydrogen-bond acceptors (Lipinski definition) is 8. The quantitative estimate of drug-likeness (QED) is 0.156. The van der Waals surface area contributed by atoms with Crippen LogP contribution >= 0.6 is 0 Å². The van der Waals surface area contributed by atoms with Crippen LogP contribution in [-0.4, -0.2) is 90.2 Å². The van der Waals surface area contributed by atoms with Crippen LogP contribution in [0.1, 0.15) is 45.8 Å². The Morgan fingerprint density at radius 3 is 2.67 bits per heavy atom. The summed E-state index contributed by atoms with van der Waals surface area (Å²) in [6.45, 7) is 12.7. The van der Waals surface area contributed by atoms with Gasteiger partial charge in [-0.1, -0.05) is 24.8 Å². The number of benzene rings is 1. The van der Waals surface area contributed by atoms with E-state index in [0.717, 1.165) is 13.1 Å². The molecule has 39 heavy (non-hydrogen) atoms. The second kappa shape index (κ2) is 12.3. The van der Waals surface area contributed by atoms with E-state index in [2.05, 4.69) is 16.5 Å². The van der Waals surface area contributed by atoms with Crippen molar-refractivity contribution in [3.05, 3.63) is 70.6 Å². The van der Waals surface area contributed by atoms with E-state index >= 15 is 0 Å². The number of aliphatic hydroxyl groups excluding tert-OH is 1. The lowest BCUT2D eigenvalue weighted by Gasteiger charge is -2.31. The minimum Gasteiger partial charge on any atom is -0.507 e. The lowest BCUT2D eigenvalue weighted by molar-refractivity contribution is -0.140. The summed E-state index contributed by atoms with van der Waals surface area (Å²) in [7, 11) is 0. The van der Waals surface area contributed by atoms with Crippen molar-refractivity contribution in [2.75, 3.05) is 52.6 Å². The van der Waals surface area contributed by atoms with Crippen molar-refractivity contribution in [2.45, 2.75) is 26.8 Å². The van der Waals surface area contributed by atoms with E-state index < -0.39 is 23.7 Å². The number of H-pyrrole nitrogens is 1. The summed E-state index contributed by atoms with van der Waals surface area (Å²) in [4.78, 5) is 46.0. The minimum atomic E-state index is -0.849. The van der Waals surface area contributed by atoms with Crippen molar-refractivity contribution in [1.82, 2.24) is 14.8 Å². The van der Waals surface area contributed by atoms with Gasteiger partial charge in [0.15, 0.2) is 0 Å². The Kier molecular flexibility index (Phi) is 8.88. The molecule has 1 unspecified atom stereocenters. The Bertz CT molecular complexity index is 1290. The first-order valence-corrected chi connectivity index (χ1v) is 13.1. The van der Waals surface area contributed by atoms with Crippen LogP contribution in [-0.2, 0) is 19.1 Å². The van der Waals surface area contributed by atoms with Gasteiger partial charge < -0.3 is 29.2 Å². The smallest absolute Gasteiger partial charge is 0.355 e. The molecule has 10 nitrogen and oxygen atoms in total. The highest BCUT2D eigenvalue weighted by Gasteiger charge is 2.46. The maximum atomic E-state index is 13.5. The Labute approximate surface area is 227 Å². The zero-order chi connectivity index (χ0) is 28.1. The number of aliphatic hydroxyl groups is 1. The Balaban J connectivity index is 1.80. The van der Waals surface area contributed by atoms with E-state index in [0.29, 0.717) is 54.5 Å². The van der Waals surface area contributed by atoms with Crippen LogP contribution in [0.25, 0.3) is 5.76 Å². The number of rotatable bonds is 10. The highest BCUT2D eigenvalue weighted by Crippen LogP contribution is 2.41. The van der Waals surface area contributed by atoms with Gasteiger partial charge in [-0.15, -0.1) is 0 Å². The van der Waals surface area contributed by atoms with Gasteiger partial charge in [0.25, 0.3) is 11.7 Å². The monoisotopic (exact) mass is 537 g/mol. The lowest BCUT2D eigenvalue weighted by atomic mass is 9.94. The normalized spacial score (nSPS) is 19.4. The predicted molar refractivity (Wildman–Crippen MR) is 145 cm³/mol. The molecule has 2 aliphatic heterocycles. The number of nitrogens with zero attached hydrogens (tertiary/aromatic N) is 2. The number of nitrogens with one attached hydrogen (secondary N) is 1. The zero-order valence-corrected chi connectivity index (χ0v) is 22.6. The van der Waals surface area contributed by atoms with Gasteiger partial charge in [-0.05, 0) is 44.0 Å². The average Bonchev–Trinajstić information content (AvgIpc) is 3.38. The number of carbonyl (C=O) groups excluding carboxylic acids is 3. The zero-order valence-electron chi connectivity index (χ0n) is 22.6. The van der Waals surface area contributed by atoms with Crippen LogP contribution in [0.5, 0.6) is 5.75 Å². The van der Waals surface area contributed by atoms with Crippen LogP contribution in [0.3, 0.4) is 0 Å². The first-order valence-electron chi connectivity index (χ1n) is 13.1. The number of aryl methyl sites for hydroxylation is 1. The predicted octanol–water partition coefficient (Wildman–Crippen LogP) is 3.13. The number of esters is 1. The van der Waals surface area contributed by atoms with Crippen LogP contribution < -0.4 is 4.74 Å². The molecule has 1 aromatic carbocycles. The number of aromatic nitrogens is 1. The lowest BCUT2D eigenvalue weighted by Crippen LogP contribution is -2.42. The fraction of sp³-hybridized carbons (Fsp3) is 0.414. The third-order valence-electron chi connectivity index (χ3n) is 7.00. The highest BCUT2D eigenvalue weighted by atomic mass is 16.5. The maximum Gasteiger partial charge on any atom is 0.355 e. The Morgan fingerprint density at radius 2 is 1.97 bits per heavy atom. The van der Waals surface area contributed by atoms with E-state index in [1.165, 1.54) is 4.90 Å². The minimum absolute atomic E-state index is 0.0385. The second-order valence-electron chi connectivity index (χ2n) is 9.46. The summed E-state index contributed by atoms with van der Waals surface area (Å²) in [6, 6.07) is 6.27. The van der Waals surface area contributed by atoms with Crippen LogP contribution in [0.4, 0.5) is 0 Å². The van der Waals surface area contributed by atoms with Crippen molar-refractivity contribution in [2.24, 2.45) is 0 Å². The van der Waals surface area contributed by atoms with Gasteiger partial charge in [0.05, 0.1) is 31.4 Å². The maximum absolute atomic E-state index is 13.5. The summed E-state index contributed by atoms with van der Waals surface area (Å²) in [5.74, 6) is -1.83. The van der Waals surface area contributed by atoms with Gasteiger partial charge in [0.1, 0.15) is 23.8 Å². The van der Waals surface area contributed by atoms with Crippen molar-refractivity contribution in [1.29, 1.82) is 0 Å².